The second-order valence-corrected chi connectivity index (χ2v) is 6.83. The van der Waals surface area contributed by atoms with Crippen molar-refractivity contribution in [3.8, 4) is 0 Å². The summed E-state index contributed by atoms with van der Waals surface area (Å²) in [5, 5.41) is 0. The van der Waals surface area contributed by atoms with Crippen LogP contribution in [0.15, 0.2) is 18.2 Å². The molecule has 1 aromatic rings. The Kier molecular flexibility index (Phi) is 3.38. The van der Waals surface area contributed by atoms with Crippen LogP contribution in [0.2, 0.25) is 6.32 Å². The number of hydrogen-bond acceptors (Lipinski definition) is 2. The van der Waals surface area contributed by atoms with Crippen LogP contribution in [-0.2, 0) is 4.65 Å². The van der Waals surface area contributed by atoms with E-state index >= 15 is 0 Å². The molecule has 2 rings (SSSR count). The van der Waals surface area contributed by atoms with Crippen molar-refractivity contribution in [3.63, 3.8) is 0 Å². The molecule has 19 heavy (non-hydrogen) atoms. The van der Waals surface area contributed by atoms with Crippen molar-refractivity contribution in [3.05, 3.63) is 29.3 Å². The molecule has 0 saturated carbocycles. The number of Topliss-reactive ketones (excluding diaryl/α,β-unsaturated/α-hetero) is 1. The normalized spacial score (nSPS) is 20.6. The molecule has 1 heterocycles. The second-order valence-electron chi connectivity index (χ2n) is 6.83. The largest absolute Gasteiger partial charge is 0.426 e. The van der Waals surface area contributed by atoms with E-state index in [1.807, 2.05) is 18.2 Å². The van der Waals surface area contributed by atoms with E-state index in [0.29, 0.717) is 0 Å². The number of ketones is 1. The SMILES string of the molecule is CC(=O)c1ccc(B2CC(C)(C)C(C)(C)O2)c(C)c1. The second kappa shape index (κ2) is 4.48. The number of carbonyl (C=O) groups excluding carboxylic acids is 1. The molecule has 0 N–H and O–H groups in total. The minimum Gasteiger partial charge on any atom is -0.426 e. The van der Waals surface area contributed by atoms with Crippen LogP contribution in [0, 0.1) is 12.3 Å². The van der Waals surface area contributed by atoms with E-state index in [4.69, 9.17) is 4.65 Å². The lowest BCUT2D eigenvalue weighted by Crippen LogP contribution is -2.36. The minimum absolute atomic E-state index is 0.114. The molecule has 0 bridgehead atoms. The molecular weight excluding hydrogens is 235 g/mol. The average Bonchev–Trinajstić information content (AvgIpc) is 2.47. The third kappa shape index (κ3) is 2.48. The van der Waals surface area contributed by atoms with E-state index in [-0.39, 0.29) is 23.7 Å². The van der Waals surface area contributed by atoms with Crippen LogP contribution in [-0.4, -0.2) is 18.3 Å². The van der Waals surface area contributed by atoms with Gasteiger partial charge in [0.25, 0.3) is 0 Å². The molecule has 1 aliphatic rings. The molecule has 3 heteroatoms. The van der Waals surface area contributed by atoms with Gasteiger partial charge in [-0.25, -0.2) is 0 Å². The summed E-state index contributed by atoms with van der Waals surface area (Å²) in [5.41, 5.74) is 3.17. The zero-order valence-electron chi connectivity index (χ0n) is 12.8. The number of hydrogen-bond donors (Lipinski definition) is 0. The highest BCUT2D eigenvalue weighted by molar-refractivity contribution is 6.68. The van der Waals surface area contributed by atoms with Crippen LogP contribution in [0.3, 0.4) is 0 Å². The number of rotatable bonds is 2. The molecule has 0 aromatic heterocycles. The van der Waals surface area contributed by atoms with Gasteiger partial charge in [-0.3, -0.25) is 4.79 Å². The Morgan fingerprint density at radius 1 is 1.26 bits per heavy atom. The van der Waals surface area contributed by atoms with Crippen LogP contribution in [0.4, 0.5) is 0 Å². The van der Waals surface area contributed by atoms with Crippen LogP contribution in [0.5, 0.6) is 0 Å². The summed E-state index contributed by atoms with van der Waals surface area (Å²) in [6.07, 6.45) is 1.01. The van der Waals surface area contributed by atoms with Gasteiger partial charge in [-0.2, -0.15) is 0 Å². The molecular formula is C16H23BO2. The maximum absolute atomic E-state index is 11.4. The fourth-order valence-corrected chi connectivity index (χ4v) is 2.70. The van der Waals surface area contributed by atoms with Gasteiger partial charge in [-0.1, -0.05) is 31.5 Å². The molecule has 2 nitrogen and oxygen atoms in total. The number of benzene rings is 1. The maximum Gasteiger partial charge on any atom is 0.328 e. The van der Waals surface area contributed by atoms with E-state index in [0.717, 1.165) is 17.4 Å². The smallest absolute Gasteiger partial charge is 0.328 e. The first-order valence-corrected chi connectivity index (χ1v) is 6.93. The standard InChI is InChI=1S/C16H23BO2/c1-11-9-13(12(2)18)7-8-14(11)17-10-15(3,4)16(5,6)19-17/h7-9H,10H2,1-6H3. The summed E-state index contributed by atoms with van der Waals surface area (Å²) >= 11 is 0. The Labute approximate surface area is 116 Å². The van der Waals surface area contributed by atoms with Crippen molar-refractivity contribution < 1.29 is 9.45 Å². The summed E-state index contributed by atoms with van der Waals surface area (Å²) in [7, 11) is 0. The number of carbonyl (C=O) groups is 1. The molecule has 1 saturated heterocycles. The third-order valence-electron chi connectivity index (χ3n) is 4.79. The summed E-state index contributed by atoms with van der Waals surface area (Å²) in [6.45, 7) is 12.6. The van der Waals surface area contributed by atoms with E-state index < -0.39 is 0 Å². The van der Waals surface area contributed by atoms with Crippen LogP contribution in [0.25, 0.3) is 0 Å². The molecule has 1 aliphatic heterocycles. The summed E-state index contributed by atoms with van der Waals surface area (Å²) in [4.78, 5) is 11.4. The summed E-state index contributed by atoms with van der Waals surface area (Å²) < 4.78 is 6.25. The fraction of sp³-hybridized carbons (Fsp3) is 0.562. The molecule has 1 aromatic carbocycles. The van der Waals surface area contributed by atoms with Crippen molar-refractivity contribution in [2.45, 2.75) is 53.5 Å². The van der Waals surface area contributed by atoms with Gasteiger partial charge >= 0.3 is 6.92 Å². The monoisotopic (exact) mass is 258 g/mol. The summed E-state index contributed by atoms with van der Waals surface area (Å²) in [5.74, 6) is 0.114. The van der Waals surface area contributed by atoms with Crippen LogP contribution < -0.4 is 5.46 Å². The Bertz CT molecular complexity index is 501. The van der Waals surface area contributed by atoms with Gasteiger partial charge in [0.1, 0.15) is 0 Å². The Balaban J connectivity index is 2.33. The summed E-state index contributed by atoms with van der Waals surface area (Å²) in [6, 6.07) is 5.93. The zero-order valence-corrected chi connectivity index (χ0v) is 12.8. The lowest BCUT2D eigenvalue weighted by Gasteiger charge is -2.34. The van der Waals surface area contributed by atoms with Gasteiger partial charge in [-0.05, 0) is 51.0 Å². The highest BCUT2D eigenvalue weighted by atomic mass is 16.5. The zero-order chi connectivity index (χ0) is 14.4. The molecule has 0 radical (unpaired) electrons. The van der Waals surface area contributed by atoms with Gasteiger partial charge in [0.15, 0.2) is 5.78 Å². The van der Waals surface area contributed by atoms with Gasteiger partial charge in [0.05, 0.1) is 5.60 Å². The lowest BCUT2D eigenvalue weighted by molar-refractivity contribution is 0.0375. The molecule has 0 unspecified atom stereocenters. The minimum atomic E-state index is -0.122. The Morgan fingerprint density at radius 3 is 2.32 bits per heavy atom. The predicted octanol–water partition coefficient (Wildman–Crippen LogP) is 3.23. The highest BCUT2D eigenvalue weighted by Gasteiger charge is 2.50. The molecule has 0 amide bonds. The van der Waals surface area contributed by atoms with E-state index in [9.17, 15) is 4.79 Å². The van der Waals surface area contributed by atoms with Gasteiger partial charge in [0.2, 0.25) is 0 Å². The Morgan fingerprint density at radius 2 is 1.89 bits per heavy atom. The van der Waals surface area contributed by atoms with Crippen molar-refractivity contribution in [1.82, 2.24) is 0 Å². The Hall–Kier alpha value is -1.09. The lowest BCUT2D eigenvalue weighted by atomic mass is 9.53. The quantitative estimate of drug-likeness (QED) is 0.601. The van der Waals surface area contributed by atoms with Gasteiger partial charge in [-0.15, -0.1) is 0 Å². The first-order valence-electron chi connectivity index (χ1n) is 6.93. The van der Waals surface area contributed by atoms with Crippen molar-refractivity contribution in [2.24, 2.45) is 5.41 Å². The van der Waals surface area contributed by atoms with E-state index in [1.165, 1.54) is 5.46 Å². The average molecular weight is 258 g/mol. The van der Waals surface area contributed by atoms with Crippen LogP contribution >= 0.6 is 0 Å². The van der Waals surface area contributed by atoms with Crippen LogP contribution in [0.1, 0.15) is 50.5 Å². The van der Waals surface area contributed by atoms with Crippen molar-refractivity contribution >= 4 is 18.2 Å². The van der Waals surface area contributed by atoms with E-state index in [2.05, 4.69) is 34.6 Å². The molecule has 0 atom stereocenters. The molecule has 1 fully saturated rings. The first-order chi connectivity index (χ1) is 8.64. The number of aryl methyl sites for hydroxylation is 1. The van der Waals surface area contributed by atoms with Gasteiger partial charge < -0.3 is 4.65 Å². The maximum atomic E-state index is 11.4. The van der Waals surface area contributed by atoms with Gasteiger partial charge in [0, 0.05) is 5.56 Å². The third-order valence-corrected chi connectivity index (χ3v) is 4.79. The first kappa shape index (κ1) is 14.3. The van der Waals surface area contributed by atoms with E-state index in [1.54, 1.807) is 6.92 Å². The topological polar surface area (TPSA) is 26.3 Å². The predicted molar refractivity (Wildman–Crippen MR) is 80.3 cm³/mol. The molecule has 0 spiro atoms. The highest BCUT2D eigenvalue weighted by Crippen LogP contribution is 2.45. The van der Waals surface area contributed by atoms with Crippen molar-refractivity contribution in [1.29, 1.82) is 0 Å². The van der Waals surface area contributed by atoms with Crippen molar-refractivity contribution in [2.75, 3.05) is 0 Å². The molecule has 102 valence electrons. The molecule has 0 aliphatic carbocycles. The fourth-order valence-electron chi connectivity index (χ4n) is 2.70.